The van der Waals surface area contributed by atoms with Gasteiger partial charge in [-0.05, 0) is 54.3 Å². The summed E-state index contributed by atoms with van der Waals surface area (Å²) in [5.41, 5.74) is 8.98. The summed E-state index contributed by atoms with van der Waals surface area (Å²) in [5.74, 6) is 0. The fraction of sp³-hybridized carbons (Fsp3) is 0.133. The van der Waals surface area contributed by atoms with Crippen LogP contribution < -0.4 is 0 Å². The van der Waals surface area contributed by atoms with Crippen LogP contribution >= 0.6 is 0 Å². The van der Waals surface area contributed by atoms with Crippen LogP contribution in [0, 0.1) is 11.3 Å². The van der Waals surface area contributed by atoms with E-state index in [0.29, 0.717) is 6.42 Å². The van der Waals surface area contributed by atoms with Crippen molar-refractivity contribution in [3.05, 3.63) is 89.6 Å². The molecule has 34 heavy (non-hydrogen) atoms. The Morgan fingerprint density at radius 2 is 1.94 bits per heavy atom. The van der Waals surface area contributed by atoms with E-state index in [1.54, 1.807) is 0 Å². The van der Waals surface area contributed by atoms with Gasteiger partial charge in [-0.15, -0.1) is 0 Å². The molecule has 0 bridgehead atoms. The minimum Gasteiger partial charge on any atom is -0.456 e. The van der Waals surface area contributed by atoms with E-state index in [1.807, 2.05) is 18.3 Å². The van der Waals surface area contributed by atoms with Crippen molar-refractivity contribution in [3.63, 3.8) is 0 Å². The van der Waals surface area contributed by atoms with Crippen LogP contribution in [-0.2, 0) is 6.42 Å². The summed E-state index contributed by atoms with van der Waals surface area (Å²) in [6.45, 7) is 0. The van der Waals surface area contributed by atoms with Gasteiger partial charge >= 0.3 is 0 Å². The van der Waals surface area contributed by atoms with Gasteiger partial charge in [0.05, 0.1) is 17.0 Å². The van der Waals surface area contributed by atoms with Gasteiger partial charge in [-0.2, -0.15) is 5.26 Å². The SMILES string of the molecule is N#CC1CC=C(c2cccc(-n3c4c(c5ccc6oc7ccccc7c6c53)C=CCC4)c2)C=N1. The number of hydrogen-bond donors (Lipinski definition) is 0. The van der Waals surface area contributed by atoms with Crippen molar-refractivity contribution in [3.8, 4) is 11.8 Å². The van der Waals surface area contributed by atoms with E-state index in [-0.39, 0.29) is 6.04 Å². The summed E-state index contributed by atoms with van der Waals surface area (Å²) in [6.07, 6.45) is 11.2. The fourth-order valence-electron chi connectivity index (χ4n) is 5.42. The number of aliphatic imine (C=N–C) groups is 1. The highest BCUT2D eigenvalue weighted by Crippen LogP contribution is 2.41. The number of dihydropyridines is 1. The quantitative estimate of drug-likeness (QED) is 0.291. The van der Waals surface area contributed by atoms with Crippen LogP contribution in [-0.4, -0.2) is 16.8 Å². The molecule has 1 aliphatic carbocycles. The van der Waals surface area contributed by atoms with Gasteiger partial charge < -0.3 is 8.98 Å². The molecule has 1 unspecified atom stereocenters. The molecule has 3 aromatic carbocycles. The second-order valence-electron chi connectivity index (χ2n) is 8.94. The van der Waals surface area contributed by atoms with Crippen molar-refractivity contribution >= 4 is 50.7 Å². The number of hydrogen-bond acceptors (Lipinski definition) is 3. The second-order valence-corrected chi connectivity index (χ2v) is 8.94. The van der Waals surface area contributed by atoms with Gasteiger partial charge in [-0.1, -0.05) is 48.6 Å². The first-order valence-corrected chi connectivity index (χ1v) is 11.7. The Morgan fingerprint density at radius 3 is 2.82 bits per heavy atom. The van der Waals surface area contributed by atoms with Crippen molar-refractivity contribution < 1.29 is 4.42 Å². The van der Waals surface area contributed by atoms with E-state index >= 15 is 0 Å². The Balaban J connectivity index is 1.53. The molecular formula is C30H21N3O. The van der Waals surface area contributed by atoms with Crippen LogP contribution in [0.2, 0.25) is 0 Å². The molecule has 2 aliphatic rings. The van der Waals surface area contributed by atoms with Crippen LogP contribution in [0.5, 0.6) is 0 Å². The highest BCUT2D eigenvalue weighted by atomic mass is 16.3. The van der Waals surface area contributed by atoms with E-state index in [4.69, 9.17) is 9.68 Å². The molecule has 0 N–H and O–H groups in total. The highest BCUT2D eigenvalue weighted by Gasteiger charge is 2.23. The molecule has 0 saturated heterocycles. The number of furan rings is 1. The normalized spacial score (nSPS) is 17.3. The van der Waals surface area contributed by atoms with Gasteiger partial charge in [0.25, 0.3) is 0 Å². The van der Waals surface area contributed by atoms with Gasteiger partial charge in [-0.25, -0.2) is 0 Å². The van der Waals surface area contributed by atoms with Crippen molar-refractivity contribution in [2.24, 2.45) is 4.99 Å². The molecule has 4 heteroatoms. The van der Waals surface area contributed by atoms with E-state index in [1.165, 1.54) is 22.2 Å². The van der Waals surface area contributed by atoms with Crippen LogP contribution in [0.1, 0.15) is 29.7 Å². The second kappa shape index (κ2) is 7.33. The van der Waals surface area contributed by atoms with Crippen LogP contribution in [0.3, 0.4) is 0 Å². The number of fused-ring (bicyclic) bond motifs is 7. The Kier molecular flexibility index (Phi) is 4.13. The van der Waals surface area contributed by atoms with Crippen molar-refractivity contribution in [2.45, 2.75) is 25.3 Å². The largest absolute Gasteiger partial charge is 0.456 e. The minimum absolute atomic E-state index is 0.276. The molecule has 5 aromatic rings. The van der Waals surface area contributed by atoms with Gasteiger partial charge in [0.15, 0.2) is 0 Å². The van der Waals surface area contributed by atoms with Crippen LogP contribution in [0.25, 0.3) is 50.2 Å². The lowest BCUT2D eigenvalue weighted by Crippen LogP contribution is -2.06. The summed E-state index contributed by atoms with van der Waals surface area (Å²) in [5, 5.41) is 12.7. The molecular weight excluding hydrogens is 418 g/mol. The first kappa shape index (κ1) is 19.1. The zero-order valence-electron chi connectivity index (χ0n) is 18.5. The number of nitriles is 1. The lowest BCUT2D eigenvalue weighted by Gasteiger charge is -2.16. The number of aromatic nitrogens is 1. The average molecular weight is 440 g/mol. The summed E-state index contributed by atoms with van der Waals surface area (Å²) in [4.78, 5) is 4.40. The zero-order valence-corrected chi connectivity index (χ0v) is 18.5. The molecule has 0 saturated carbocycles. The van der Waals surface area contributed by atoms with Crippen molar-refractivity contribution in [1.82, 2.24) is 4.57 Å². The Morgan fingerprint density at radius 1 is 1.00 bits per heavy atom. The third-order valence-corrected chi connectivity index (χ3v) is 6.98. The predicted molar refractivity (Wildman–Crippen MR) is 138 cm³/mol. The molecule has 1 aliphatic heterocycles. The smallest absolute Gasteiger partial charge is 0.140 e. The maximum absolute atomic E-state index is 9.16. The topological polar surface area (TPSA) is 54.2 Å². The summed E-state index contributed by atoms with van der Waals surface area (Å²) >= 11 is 0. The lowest BCUT2D eigenvalue weighted by atomic mass is 10.0. The molecule has 2 aromatic heterocycles. The number of nitrogens with zero attached hydrogens (tertiary/aromatic N) is 3. The molecule has 7 rings (SSSR count). The lowest BCUT2D eigenvalue weighted by molar-refractivity contribution is 0.669. The first-order chi connectivity index (χ1) is 16.8. The maximum atomic E-state index is 9.16. The molecule has 1 atom stereocenters. The zero-order chi connectivity index (χ0) is 22.6. The third kappa shape index (κ3) is 2.74. The van der Waals surface area contributed by atoms with E-state index < -0.39 is 0 Å². The monoisotopic (exact) mass is 439 g/mol. The van der Waals surface area contributed by atoms with E-state index in [0.717, 1.165) is 51.6 Å². The molecule has 0 fully saturated rings. The molecule has 0 amide bonds. The van der Waals surface area contributed by atoms with Gasteiger partial charge in [0, 0.05) is 40.4 Å². The number of para-hydroxylation sites is 1. The average Bonchev–Trinajstić information content (AvgIpc) is 3.44. The first-order valence-electron chi connectivity index (χ1n) is 11.7. The van der Waals surface area contributed by atoms with Gasteiger partial charge in [0.1, 0.15) is 17.2 Å². The van der Waals surface area contributed by atoms with Crippen molar-refractivity contribution in [2.75, 3.05) is 0 Å². The molecule has 0 radical (unpaired) electrons. The summed E-state index contributed by atoms with van der Waals surface area (Å²) < 4.78 is 8.67. The number of allylic oxidation sites excluding steroid dienone is 2. The molecule has 162 valence electrons. The molecule has 3 heterocycles. The van der Waals surface area contributed by atoms with Crippen LogP contribution in [0.15, 0.2) is 82.2 Å². The molecule has 0 spiro atoms. The highest BCUT2D eigenvalue weighted by molar-refractivity contribution is 6.20. The maximum Gasteiger partial charge on any atom is 0.140 e. The predicted octanol–water partition coefficient (Wildman–Crippen LogP) is 7.24. The Labute approximate surface area is 196 Å². The standard InChI is InChI=1S/C30H21N3O/c31-17-21-13-12-20(18-32-21)19-6-5-7-22(16-19)33-26-10-3-1-8-23(26)24-14-15-28-29(30(24)33)25-9-2-4-11-27(25)34-28/h1-2,4-9,11-12,14-16,18,21H,3,10,13H2. The summed E-state index contributed by atoms with van der Waals surface area (Å²) in [7, 11) is 0. The van der Waals surface area contributed by atoms with E-state index in [2.05, 4.69) is 82.4 Å². The van der Waals surface area contributed by atoms with Crippen molar-refractivity contribution in [1.29, 1.82) is 5.26 Å². The Bertz CT molecular complexity index is 1750. The number of benzene rings is 3. The Hall–Kier alpha value is -4.36. The minimum atomic E-state index is -0.276. The number of rotatable bonds is 2. The summed E-state index contributed by atoms with van der Waals surface area (Å²) in [6, 6.07) is 23.2. The van der Waals surface area contributed by atoms with E-state index in [9.17, 15) is 0 Å². The third-order valence-electron chi connectivity index (χ3n) is 6.98. The fourth-order valence-corrected chi connectivity index (χ4v) is 5.42. The van der Waals surface area contributed by atoms with Crippen LogP contribution in [0.4, 0.5) is 0 Å². The van der Waals surface area contributed by atoms with Gasteiger partial charge in [-0.3, -0.25) is 4.99 Å². The molecule has 4 nitrogen and oxygen atoms in total. The van der Waals surface area contributed by atoms with Gasteiger partial charge in [0.2, 0.25) is 0 Å².